The molecule has 28 heavy (non-hydrogen) atoms. The third-order valence-electron chi connectivity index (χ3n) is 4.42. The van der Waals surface area contributed by atoms with E-state index in [-0.39, 0.29) is 11.4 Å². The fraction of sp³-hybridized carbons (Fsp3) is 0.105. The van der Waals surface area contributed by atoms with Crippen LogP contribution in [0.25, 0.3) is 22.8 Å². The Morgan fingerprint density at radius 1 is 0.893 bits per heavy atom. The molecule has 0 saturated heterocycles. The van der Waals surface area contributed by atoms with Gasteiger partial charge in [0.2, 0.25) is 0 Å². The molecule has 0 radical (unpaired) electrons. The number of aromatic nitrogens is 3. The van der Waals surface area contributed by atoms with Crippen LogP contribution < -0.4 is 4.59 Å². The molecule has 3 aromatic rings. The van der Waals surface area contributed by atoms with Crippen molar-refractivity contribution in [1.29, 1.82) is 0 Å². The van der Waals surface area contributed by atoms with Crippen LogP contribution in [0.5, 0.6) is 0 Å². The van der Waals surface area contributed by atoms with Gasteiger partial charge >= 0.3 is 12.2 Å². The summed E-state index contributed by atoms with van der Waals surface area (Å²) in [5, 5.41) is 19.9. The van der Waals surface area contributed by atoms with E-state index < -0.39 is 16.8 Å². The molecule has 9 heteroatoms. The standard InChI is InChI=1S/C19H17N5O4/c1-23(18(25)26)24(2,19(27)28)16-10-6-12-21-17(16)15-9-5-8-14(22-15)13-7-3-4-11-20-13/h3-12H,1-2H3,(H-,25,26,27,28)/p+1. The largest absolute Gasteiger partial charge is 0.544 e. The van der Waals surface area contributed by atoms with Crippen LogP contribution in [-0.4, -0.2) is 56.5 Å². The van der Waals surface area contributed by atoms with Crippen molar-refractivity contribution in [2.24, 2.45) is 0 Å². The van der Waals surface area contributed by atoms with E-state index in [1.54, 1.807) is 42.6 Å². The maximum atomic E-state index is 12.0. The summed E-state index contributed by atoms with van der Waals surface area (Å²) >= 11 is 0. The summed E-state index contributed by atoms with van der Waals surface area (Å²) in [6, 6.07) is 13.7. The van der Waals surface area contributed by atoms with Gasteiger partial charge in [0, 0.05) is 18.5 Å². The van der Waals surface area contributed by atoms with Gasteiger partial charge < -0.3 is 10.2 Å². The zero-order chi connectivity index (χ0) is 20.3. The minimum absolute atomic E-state index is 0.158. The predicted molar refractivity (Wildman–Crippen MR) is 102 cm³/mol. The lowest BCUT2D eigenvalue weighted by Crippen LogP contribution is -2.62. The van der Waals surface area contributed by atoms with E-state index in [1.165, 1.54) is 26.4 Å². The van der Waals surface area contributed by atoms with Crippen LogP contribution in [0.2, 0.25) is 0 Å². The van der Waals surface area contributed by atoms with E-state index >= 15 is 0 Å². The molecule has 1 unspecified atom stereocenters. The van der Waals surface area contributed by atoms with Gasteiger partial charge in [0.25, 0.3) is 0 Å². The van der Waals surface area contributed by atoms with Crippen molar-refractivity contribution in [3.8, 4) is 22.8 Å². The summed E-state index contributed by atoms with van der Waals surface area (Å²) in [5.41, 5.74) is 2.07. The van der Waals surface area contributed by atoms with E-state index in [0.29, 0.717) is 22.1 Å². The molecule has 3 heterocycles. The quantitative estimate of drug-likeness (QED) is 0.529. The van der Waals surface area contributed by atoms with Crippen molar-refractivity contribution >= 4 is 17.9 Å². The van der Waals surface area contributed by atoms with E-state index in [1.807, 2.05) is 6.07 Å². The van der Waals surface area contributed by atoms with Crippen LogP contribution >= 0.6 is 0 Å². The first-order valence-corrected chi connectivity index (χ1v) is 8.27. The highest BCUT2D eigenvalue weighted by atomic mass is 16.4. The van der Waals surface area contributed by atoms with Crippen molar-refractivity contribution < 1.29 is 19.8 Å². The lowest BCUT2D eigenvalue weighted by atomic mass is 10.1. The zero-order valence-corrected chi connectivity index (χ0v) is 15.2. The van der Waals surface area contributed by atoms with Crippen molar-refractivity contribution in [1.82, 2.24) is 24.6 Å². The molecule has 9 nitrogen and oxygen atoms in total. The fourth-order valence-electron chi connectivity index (χ4n) is 2.73. The second-order valence-corrected chi connectivity index (χ2v) is 6.04. The molecule has 2 amide bonds. The Morgan fingerprint density at radius 3 is 2.21 bits per heavy atom. The molecule has 0 aromatic carbocycles. The first-order chi connectivity index (χ1) is 13.4. The van der Waals surface area contributed by atoms with E-state index in [9.17, 15) is 19.8 Å². The topological polar surface area (TPSA) is 117 Å². The Bertz CT molecular complexity index is 1030. The van der Waals surface area contributed by atoms with Gasteiger partial charge in [-0.2, -0.15) is 4.79 Å². The zero-order valence-electron chi connectivity index (χ0n) is 15.2. The number of hydrogen-bond donors (Lipinski definition) is 2. The minimum atomic E-state index is -1.39. The second-order valence-electron chi connectivity index (χ2n) is 6.04. The van der Waals surface area contributed by atoms with Crippen LogP contribution in [-0.2, 0) is 0 Å². The van der Waals surface area contributed by atoms with Gasteiger partial charge in [0.15, 0.2) is 11.4 Å². The normalized spacial score (nSPS) is 12.8. The molecular weight excluding hydrogens is 362 g/mol. The predicted octanol–water partition coefficient (Wildman–Crippen LogP) is 3.35. The Labute approximate surface area is 160 Å². The number of carboxylic acid groups (broad SMARTS) is 2. The van der Waals surface area contributed by atoms with E-state index in [4.69, 9.17) is 0 Å². The fourth-order valence-corrected chi connectivity index (χ4v) is 2.73. The summed E-state index contributed by atoms with van der Waals surface area (Å²) in [4.78, 5) is 36.7. The average Bonchev–Trinajstić information content (AvgIpc) is 2.73. The molecular formula is C19H18N5O4+. The summed E-state index contributed by atoms with van der Waals surface area (Å²) in [6.07, 6.45) is 0.381. The van der Waals surface area contributed by atoms with Crippen LogP contribution in [0, 0.1) is 0 Å². The number of hydrogen-bond acceptors (Lipinski definition) is 5. The minimum Gasteiger partial charge on any atom is -0.462 e. The maximum Gasteiger partial charge on any atom is 0.544 e. The third kappa shape index (κ3) is 3.26. The number of carbonyl (C=O) groups is 2. The van der Waals surface area contributed by atoms with Crippen LogP contribution in [0.4, 0.5) is 15.3 Å². The summed E-state index contributed by atoms with van der Waals surface area (Å²) in [7, 11) is 2.45. The summed E-state index contributed by atoms with van der Waals surface area (Å²) in [5.74, 6) is 0. The molecule has 3 rings (SSSR count). The molecule has 0 saturated carbocycles. The number of amides is 2. The van der Waals surface area contributed by atoms with Crippen molar-refractivity contribution in [2.45, 2.75) is 0 Å². The lowest BCUT2D eigenvalue weighted by Gasteiger charge is -2.33. The number of pyridine rings is 3. The van der Waals surface area contributed by atoms with Gasteiger partial charge in [-0.3, -0.25) is 4.98 Å². The Morgan fingerprint density at radius 2 is 1.57 bits per heavy atom. The highest BCUT2D eigenvalue weighted by Crippen LogP contribution is 2.33. The van der Waals surface area contributed by atoms with Gasteiger partial charge in [0.05, 0.1) is 24.1 Å². The molecule has 0 aliphatic carbocycles. The molecule has 0 aliphatic rings. The van der Waals surface area contributed by atoms with Gasteiger partial charge in [-0.1, -0.05) is 16.7 Å². The Kier molecular flexibility index (Phi) is 5.01. The maximum absolute atomic E-state index is 12.0. The van der Waals surface area contributed by atoms with E-state index in [2.05, 4.69) is 15.0 Å². The SMILES string of the molecule is CN(C(=O)O)[N+](C)(C(=O)O)c1cccnc1-c1cccc(-c2ccccn2)n1. The van der Waals surface area contributed by atoms with Crippen molar-refractivity contribution in [3.05, 3.63) is 60.9 Å². The van der Waals surface area contributed by atoms with Gasteiger partial charge in [0.1, 0.15) is 7.05 Å². The third-order valence-corrected chi connectivity index (χ3v) is 4.42. The summed E-state index contributed by atoms with van der Waals surface area (Å²) in [6.45, 7) is 0. The highest BCUT2D eigenvalue weighted by molar-refractivity contribution is 5.88. The smallest absolute Gasteiger partial charge is 0.462 e. The molecule has 0 aliphatic heterocycles. The van der Waals surface area contributed by atoms with Crippen molar-refractivity contribution in [2.75, 3.05) is 14.1 Å². The average molecular weight is 380 g/mol. The molecule has 0 fully saturated rings. The first-order valence-electron chi connectivity index (χ1n) is 8.27. The number of rotatable bonds is 3. The molecule has 0 bridgehead atoms. The summed E-state index contributed by atoms with van der Waals surface area (Å²) < 4.78 is -1.03. The second kappa shape index (κ2) is 7.41. The molecule has 0 spiro atoms. The molecule has 1 atom stereocenters. The van der Waals surface area contributed by atoms with Crippen LogP contribution in [0.3, 0.4) is 0 Å². The van der Waals surface area contributed by atoms with Gasteiger partial charge in [-0.05, 0) is 30.3 Å². The van der Waals surface area contributed by atoms with Gasteiger partial charge in [-0.15, -0.1) is 5.01 Å². The Balaban J connectivity index is 2.18. The number of quaternary nitrogens is 1. The molecule has 2 N–H and O–H groups in total. The lowest BCUT2D eigenvalue weighted by molar-refractivity contribution is 0.0392. The molecule has 3 aromatic heterocycles. The molecule has 142 valence electrons. The van der Waals surface area contributed by atoms with Gasteiger partial charge in [-0.25, -0.2) is 14.8 Å². The van der Waals surface area contributed by atoms with Crippen molar-refractivity contribution in [3.63, 3.8) is 0 Å². The number of nitrogens with zero attached hydrogens (tertiary/aromatic N) is 5. The Hall–Kier alpha value is -3.85. The highest BCUT2D eigenvalue weighted by Gasteiger charge is 2.45. The van der Waals surface area contributed by atoms with Crippen LogP contribution in [0.1, 0.15) is 0 Å². The van der Waals surface area contributed by atoms with Crippen LogP contribution in [0.15, 0.2) is 60.9 Å². The first kappa shape index (κ1) is 18.9. The van der Waals surface area contributed by atoms with E-state index in [0.717, 1.165) is 0 Å². The monoisotopic (exact) mass is 380 g/mol.